The lowest BCUT2D eigenvalue weighted by atomic mass is 10.1. The maximum atomic E-state index is 11.9. The first-order valence-corrected chi connectivity index (χ1v) is 6.23. The molecule has 0 radical (unpaired) electrons. The molecule has 0 amide bonds. The molecule has 18 heavy (non-hydrogen) atoms. The highest BCUT2D eigenvalue weighted by atomic mass is 16.4. The van der Waals surface area contributed by atoms with Gasteiger partial charge >= 0.3 is 0 Å². The van der Waals surface area contributed by atoms with Gasteiger partial charge in [0, 0.05) is 31.3 Å². The summed E-state index contributed by atoms with van der Waals surface area (Å²) in [5, 5.41) is 7.76. The Kier molecular flexibility index (Phi) is 2.74. The Hall–Kier alpha value is -1.91. The van der Waals surface area contributed by atoms with E-state index in [0.29, 0.717) is 24.7 Å². The van der Waals surface area contributed by atoms with Crippen molar-refractivity contribution in [2.45, 2.75) is 39.2 Å². The zero-order chi connectivity index (χ0) is 12.5. The Morgan fingerprint density at radius 3 is 2.89 bits per heavy atom. The summed E-state index contributed by atoms with van der Waals surface area (Å²) in [6.45, 7) is 2.30. The summed E-state index contributed by atoms with van der Waals surface area (Å²) < 4.78 is 7.30. The first kappa shape index (κ1) is 11.2. The van der Waals surface area contributed by atoms with Gasteiger partial charge in [-0.1, -0.05) is 0 Å². The number of ketones is 1. The van der Waals surface area contributed by atoms with Crippen LogP contribution in [0.3, 0.4) is 0 Å². The Morgan fingerprint density at radius 1 is 1.28 bits per heavy atom. The van der Waals surface area contributed by atoms with Gasteiger partial charge in [0.15, 0.2) is 5.78 Å². The number of carbonyl (C=O) groups is 1. The maximum Gasteiger partial charge on any atom is 0.236 e. The lowest BCUT2D eigenvalue weighted by Crippen LogP contribution is -1.99. The summed E-state index contributed by atoms with van der Waals surface area (Å²) in [5.41, 5.74) is 2.01. The van der Waals surface area contributed by atoms with Crippen LogP contribution in [0, 0.1) is 6.92 Å². The number of aryl methyl sites for hydroxylation is 2. The maximum absolute atomic E-state index is 11.9. The molecule has 2 aromatic rings. The predicted molar refractivity (Wildman–Crippen MR) is 64.5 cm³/mol. The second-order valence-corrected chi connectivity index (χ2v) is 4.71. The van der Waals surface area contributed by atoms with Crippen molar-refractivity contribution in [2.75, 3.05) is 0 Å². The number of Topliss-reactive ketones (excluding diaryl/α,β-unsaturated/α-hetero) is 1. The molecular weight excluding hydrogens is 230 g/mol. The van der Waals surface area contributed by atoms with Crippen LogP contribution in [0.5, 0.6) is 0 Å². The zero-order valence-electron chi connectivity index (χ0n) is 10.3. The highest BCUT2D eigenvalue weighted by Gasteiger charge is 2.18. The molecule has 0 bridgehead atoms. The van der Waals surface area contributed by atoms with Crippen molar-refractivity contribution < 1.29 is 9.21 Å². The van der Waals surface area contributed by atoms with Gasteiger partial charge < -0.3 is 8.98 Å². The summed E-state index contributed by atoms with van der Waals surface area (Å²) in [5.74, 6) is 1.39. The molecular formula is C13H15N3O2. The molecule has 0 unspecified atom stereocenters. The van der Waals surface area contributed by atoms with E-state index in [2.05, 4.69) is 10.2 Å². The minimum absolute atomic E-state index is 0.253. The molecule has 3 rings (SSSR count). The number of carbonyl (C=O) groups excluding carboxylic acids is 1. The van der Waals surface area contributed by atoms with Gasteiger partial charge in [-0.05, 0) is 24.8 Å². The van der Waals surface area contributed by atoms with Crippen LogP contribution < -0.4 is 0 Å². The highest BCUT2D eigenvalue weighted by Crippen LogP contribution is 2.22. The van der Waals surface area contributed by atoms with E-state index >= 15 is 0 Å². The Bertz CT molecular complexity index is 583. The summed E-state index contributed by atoms with van der Waals surface area (Å²) in [6, 6.07) is 0. The minimum Gasteiger partial charge on any atom is -0.424 e. The molecule has 0 N–H and O–H groups in total. The Labute approximate surface area is 105 Å². The molecule has 2 heterocycles. The fourth-order valence-corrected chi connectivity index (χ4v) is 2.39. The minimum atomic E-state index is 0.253. The third-order valence-electron chi connectivity index (χ3n) is 3.25. The molecule has 2 aromatic heterocycles. The molecule has 1 aliphatic carbocycles. The van der Waals surface area contributed by atoms with Crippen molar-refractivity contribution >= 4 is 5.78 Å². The van der Waals surface area contributed by atoms with Crippen molar-refractivity contribution in [1.29, 1.82) is 0 Å². The quantitative estimate of drug-likeness (QED) is 0.760. The third kappa shape index (κ3) is 2.08. The van der Waals surface area contributed by atoms with E-state index in [1.165, 1.54) is 0 Å². The molecule has 0 aromatic carbocycles. The van der Waals surface area contributed by atoms with Gasteiger partial charge in [0.2, 0.25) is 11.8 Å². The van der Waals surface area contributed by atoms with Crippen LogP contribution in [0.4, 0.5) is 0 Å². The topological polar surface area (TPSA) is 60.9 Å². The van der Waals surface area contributed by atoms with Crippen LogP contribution in [-0.2, 0) is 13.0 Å². The fourth-order valence-electron chi connectivity index (χ4n) is 2.39. The van der Waals surface area contributed by atoms with Gasteiger partial charge in [-0.25, -0.2) is 0 Å². The standard InChI is InChI=1S/C13H15N3O2/c1-9-14-15-13(18-9)8-16-6-10-4-2-3-5-12(17)11(10)7-16/h6-7H,2-5,8H2,1H3. The first-order valence-electron chi connectivity index (χ1n) is 6.23. The van der Waals surface area contributed by atoms with E-state index < -0.39 is 0 Å². The lowest BCUT2D eigenvalue weighted by molar-refractivity contribution is 0.0982. The van der Waals surface area contributed by atoms with E-state index in [-0.39, 0.29) is 5.78 Å². The molecule has 0 spiro atoms. The van der Waals surface area contributed by atoms with E-state index in [1.54, 1.807) is 6.92 Å². The van der Waals surface area contributed by atoms with E-state index in [0.717, 1.165) is 30.4 Å². The second kappa shape index (κ2) is 4.40. The number of rotatable bonds is 2. The monoisotopic (exact) mass is 245 g/mol. The fraction of sp³-hybridized carbons (Fsp3) is 0.462. The van der Waals surface area contributed by atoms with E-state index in [9.17, 15) is 4.79 Å². The zero-order valence-corrected chi connectivity index (χ0v) is 10.3. The van der Waals surface area contributed by atoms with Crippen molar-refractivity contribution in [3.8, 4) is 0 Å². The first-order chi connectivity index (χ1) is 8.72. The largest absolute Gasteiger partial charge is 0.424 e. The van der Waals surface area contributed by atoms with E-state index in [1.807, 2.05) is 17.0 Å². The lowest BCUT2D eigenvalue weighted by Gasteiger charge is -1.97. The number of nitrogens with zero attached hydrogens (tertiary/aromatic N) is 3. The van der Waals surface area contributed by atoms with Gasteiger partial charge in [0.05, 0.1) is 0 Å². The van der Waals surface area contributed by atoms with Crippen LogP contribution in [0.15, 0.2) is 16.8 Å². The Morgan fingerprint density at radius 2 is 2.11 bits per heavy atom. The SMILES string of the molecule is Cc1nnc(Cn2cc3c(c2)C(=O)CCCC3)o1. The van der Waals surface area contributed by atoms with E-state index in [4.69, 9.17) is 4.42 Å². The molecule has 94 valence electrons. The van der Waals surface area contributed by atoms with Gasteiger partial charge in [0.25, 0.3) is 0 Å². The molecule has 1 aliphatic rings. The average molecular weight is 245 g/mol. The van der Waals surface area contributed by atoms with Gasteiger partial charge in [-0.15, -0.1) is 10.2 Å². The van der Waals surface area contributed by atoms with Gasteiger partial charge in [-0.3, -0.25) is 4.79 Å². The van der Waals surface area contributed by atoms with Crippen LogP contribution in [-0.4, -0.2) is 20.5 Å². The Balaban J connectivity index is 1.86. The number of hydrogen-bond donors (Lipinski definition) is 0. The van der Waals surface area contributed by atoms with Crippen molar-refractivity contribution in [3.05, 3.63) is 35.3 Å². The molecule has 5 nitrogen and oxygen atoms in total. The molecule has 0 saturated heterocycles. The van der Waals surface area contributed by atoms with Crippen LogP contribution >= 0.6 is 0 Å². The van der Waals surface area contributed by atoms with Crippen molar-refractivity contribution in [3.63, 3.8) is 0 Å². The number of aromatic nitrogens is 3. The smallest absolute Gasteiger partial charge is 0.236 e. The van der Waals surface area contributed by atoms with Crippen molar-refractivity contribution in [1.82, 2.24) is 14.8 Å². The number of fused-ring (bicyclic) bond motifs is 1. The summed E-state index contributed by atoms with van der Waals surface area (Å²) in [7, 11) is 0. The highest BCUT2D eigenvalue weighted by molar-refractivity contribution is 5.97. The molecule has 0 saturated carbocycles. The molecule has 5 heteroatoms. The van der Waals surface area contributed by atoms with Crippen molar-refractivity contribution in [2.24, 2.45) is 0 Å². The summed E-state index contributed by atoms with van der Waals surface area (Å²) in [6.07, 6.45) is 7.66. The number of hydrogen-bond acceptors (Lipinski definition) is 4. The van der Waals surface area contributed by atoms with Crippen LogP contribution in [0.2, 0.25) is 0 Å². The average Bonchev–Trinajstić information content (AvgIpc) is 2.88. The second-order valence-electron chi connectivity index (χ2n) is 4.71. The summed E-state index contributed by atoms with van der Waals surface area (Å²) >= 11 is 0. The predicted octanol–water partition coefficient (Wildman–Crippen LogP) is 2.14. The molecule has 0 aliphatic heterocycles. The normalized spacial score (nSPS) is 15.5. The molecule has 0 atom stereocenters. The van der Waals surface area contributed by atoms with Gasteiger partial charge in [-0.2, -0.15) is 0 Å². The van der Waals surface area contributed by atoms with Crippen LogP contribution in [0.1, 0.15) is 47.0 Å². The van der Waals surface area contributed by atoms with Gasteiger partial charge in [0.1, 0.15) is 6.54 Å². The third-order valence-corrected chi connectivity index (χ3v) is 3.25. The van der Waals surface area contributed by atoms with Crippen LogP contribution in [0.25, 0.3) is 0 Å². The molecule has 0 fully saturated rings. The summed E-state index contributed by atoms with van der Waals surface area (Å²) in [4.78, 5) is 11.9.